The lowest BCUT2D eigenvalue weighted by Crippen LogP contribution is -2.50. The van der Waals surface area contributed by atoms with Crippen molar-refractivity contribution in [2.75, 3.05) is 38.0 Å². The van der Waals surface area contributed by atoms with E-state index in [9.17, 15) is 19.7 Å². The highest BCUT2D eigenvalue weighted by atomic mass is 35.5. The molecule has 30 heavy (non-hydrogen) atoms. The zero-order chi connectivity index (χ0) is 21.7. The molecule has 0 bridgehead atoms. The first-order chi connectivity index (χ1) is 14.3. The van der Waals surface area contributed by atoms with E-state index in [2.05, 4.69) is 5.32 Å². The molecule has 1 saturated heterocycles. The maximum atomic E-state index is 12.5. The summed E-state index contributed by atoms with van der Waals surface area (Å²) in [7, 11) is 0. The minimum Gasteiger partial charge on any atom is -0.340 e. The van der Waals surface area contributed by atoms with Crippen LogP contribution in [0.3, 0.4) is 0 Å². The predicted octanol–water partition coefficient (Wildman–Crippen LogP) is 2.88. The van der Waals surface area contributed by atoms with Crippen LogP contribution < -0.4 is 5.32 Å². The summed E-state index contributed by atoms with van der Waals surface area (Å²) in [4.78, 5) is 39.1. The fraction of sp³-hybridized carbons (Fsp3) is 0.333. The SMILES string of the molecule is Cc1ccc(CC(=O)N2CCN(CC(=O)Nc3ccc(Cl)cc3[N+](=O)[O-])CC2)cc1. The van der Waals surface area contributed by atoms with Crippen molar-refractivity contribution in [3.05, 3.63) is 68.7 Å². The number of carbonyl (C=O) groups excluding carboxylic acids is 2. The lowest BCUT2D eigenvalue weighted by Gasteiger charge is -2.34. The van der Waals surface area contributed by atoms with Crippen LogP contribution in [0.15, 0.2) is 42.5 Å². The maximum Gasteiger partial charge on any atom is 0.294 e. The van der Waals surface area contributed by atoms with Gasteiger partial charge in [0.05, 0.1) is 17.9 Å². The molecule has 0 aliphatic carbocycles. The second-order valence-corrected chi connectivity index (χ2v) is 7.72. The molecule has 0 radical (unpaired) electrons. The summed E-state index contributed by atoms with van der Waals surface area (Å²) in [5.74, 6) is -0.278. The first kappa shape index (κ1) is 21.7. The Labute approximate surface area is 179 Å². The molecule has 0 unspecified atom stereocenters. The third kappa shape index (κ3) is 5.77. The van der Waals surface area contributed by atoms with Gasteiger partial charge in [-0.2, -0.15) is 0 Å². The summed E-state index contributed by atoms with van der Waals surface area (Å²) in [6.07, 6.45) is 0.362. The summed E-state index contributed by atoms with van der Waals surface area (Å²) in [5, 5.41) is 13.9. The van der Waals surface area contributed by atoms with E-state index in [4.69, 9.17) is 11.6 Å². The number of rotatable bonds is 6. The maximum absolute atomic E-state index is 12.5. The van der Waals surface area contributed by atoms with Crippen LogP contribution in [0.25, 0.3) is 0 Å². The molecule has 0 atom stereocenters. The number of hydrogen-bond donors (Lipinski definition) is 1. The molecule has 1 aliphatic heterocycles. The molecule has 1 N–H and O–H groups in total. The van der Waals surface area contributed by atoms with Gasteiger partial charge in [-0.3, -0.25) is 24.6 Å². The average Bonchev–Trinajstić information content (AvgIpc) is 2.71. The number of nitro benzene ring substituents is 1. The molecule has 1 aliphatic rings. The van der Waals surface area contributed by atoms with Crippen molar-refractivity contribution in [1.29, 1.82) is 0 Å². The third-order valence-corrected chi connectivity index (χ3v) is 5.23. The van der Waals surface area contributed by atoms with Gasteiger partial charge in [0.15, 0.2) is 0 Å². The van der Waals surface area contributed by atoms with Gasteiger partial charge in [-0.15, -0.1) is 0 Å². The van der Waals surface area contributed by atoms with Crippen LogP contribution in [0.2, 0.25) is 5.02 Å². The minimum atomic E-state index is -0.583. The molecule has 2 aromatic carbocycles. The van der Waals surface area contributed by atoms with Crippen LogP contribution in [0.5, 0.6) is 0 Å². The molecule has 158 valence electrons. The molecule has 1 heterocycles. The van der Waals surface area contributed by atoms with E-state index < -0.39 is 4.92 Å². The Hall–Kier alpha value is -2.97. The predicted molar refractivity (Wildman–Crippen MR) is 115 cm³/mol. The summed E-state index contributed by atoms with van der Waals surface area (Å²) < 4.78 is 0. The minimum absolute atomic E-state index is 0.0692. The summed E-state index contributed by atoms with van der Waals surface area (Å²) in [6, 6.07) is 12.0. The van der Waals surface area contributed by atoms with Crippen LogP contribution in [0.4, 0.5) is 11.4 Å². The fourth-order valence-corrected chi connectivity index (χ4v) is 3.47. The fourth-order valence-electron chi connectivity index (χ4n) is 3.30. The highest BCUT2D eigenvalue weighted by Gasteiger charge is 2.23. The largest absolute Gasteiger partial charge is 0.340 e. The van der Waals surface area contributed by atoms with E-state index >= 15 is 0 Å². The number of carbonyl (C=O) groups is 2. The Morgan fingerprint density at radius 2 is 1.77 bits per heavy atom. The quantitative estimate of drug-likeness (QED) is 0.561. The van der Waals surface area contributed by atoms with Gasteiger partial charge < -0.3 is 10.2 Å². The number of benzene rings is 2. The second-order valence-electron chi connectivity index (χ2n) is 7.29. The van der Waals surface area contributed by atoms with Gasteiger partial charge >= 0.3 is 0 Å². The van der Waals surface area contributed by atoms with E-state index in [1.807, 2.05) is 36.1 Å². The van der Waals surface area contributed by atoms with Gasteiger partial charge in [-0.1, -0.05) is 41.4 Å². The number of nitrogens with zero attached hydrogens (tertiary/aromatic N) is 3. The van der Waals surface area contributed by atoms with E-state index in [-0.39, 0.29) is 34.8 Å². The molecular weight excluding hydrogens is 408 g/mol. The number of nitrogens with one attached hydrogen (secondary N) is 1. The molecule has 3 rings (SSSR count). The number of nitro groups is 1. The Morgan fingerprint density at radius 1 is 1.10 bits per heavy atom. The van der Waals surface area contributed by atoms with Crippen molar-refractivity contribution in [2.24, 2.45) is 0 Å². The molecule has 8 nitrogen and oxygen atoms in total. The Morgan fingerprint density at radius 3 is 2.40 bits per heavy atom. The highest BCUT2D eigenvalue weighted by molar-refractivity contribution is 6.31. The van der Waals surface area contributed by atoms with Crippen molar-refractivity contribution in [1.82, 2.24) is 9.80 Å². The average molecular weight is 431 g/mol. The van der Waals surface area contributed by atoms with Crippen LogP contribution in [-0.2, 0) is 16.0 Å². The van der Waals surface area contributed by atoms with E-state index in [0.29, 0.717) is 32.6 Å². The van der Waals surface area contributed by atoms with Gasteiger partial charge in [-0.05, 0) is 24.6 Å². The summed E-state index contributed by atoms with van der Waals surface area (Å²) in [5.41, 5.74) is 2.00. The number of piperazine rings is 1. The zero-order valence-corrected chi connectivity index (χ0v) is 17.4. The van der Waals surface area contributed by atoms with E-state index in [1.54, 1.807) is 4.90 Å². The van der Waals surface area contributed by atoms with Gasteiger partial charge in [0.2, 0.25) is 11.8 Å². The number of hydrogen-bond acceptors (Lipinski definition) is 5. The van der Waals surface area contributed by atoms with E-state index in [1.165, 1.54) is 18.2 Å². The van der Waals surface area contributed by atoms with Crippen molar-refractivity contribution in [2.45, 2.75) is 13.3 Å². The lowest BCUT2D eigenvalue weighted by atomic mass is 10.1. The topological polar surface area (TPSA) is 95.8 Å². The molecular formula is C21H23ClN4O4. The van der Waals surface area contributed by atoms with Crippen LogP contribution in [-0.4, -0.2) is 59.3 Å². The molecule has 0 aromatic heterocycles. The van der Waals surface area contributed by atoms with Gasteiger partial charge in [0, 0.05) is 37.3 Å². The summed E-state index contributed by atoms with van der Waals surface area (Å²) in [6.45, 7) is 4.32. The summed E-state index contributed by atoms with van der Waals surface area (Å²) >= 11 is 5.79. The normalized spacial score (nSPS) is 14.4. The first-order valence-corrected chi connectivity index (χ1v) is 9.99. The highest BCUT2D eigenvalue weighted by Crippen LogP contribution is 2.27. The molecule has 1 fully saturated rings. The Balaban J connectivity index is 1.48. The third-order valence-electron chi connectivity index (χ3n) is 5.00. The van der Waals surface area contributed by atoms with Gasteiger partial charge in [0.1, 0.15) is 5.69 Å². The smallest absolute Gasteiger partial charge is 0.294 e. The van der Waals surface area contributed by atoms with Gasteiger partial charge in [-0.25, -0.2) is 0 Å². The zero-order valence-electron chi connectivity index (χ0n) is 16.6. The molecule has 2 aromatic rings. The molecule has 2 amide bonds. The second kappa shape index (κ2) is 9.69. The first-order valence-electron chi connectivity index (χ1n) is 9.61. The van der Waals surface area contributed by atoms with Crippen molar-refractivity contribution in [3.63, 3.8) is 0 Å². The van der Waals surface area contributed by atoms with Gasteiger partial charge in [0.25, 0.3) is 5.69 Å². The van der Waals surface area contributed by atoms with Crippen LogP contribution in [0.1, 0.15) is 11.1 Å². The monoisotopic (exact) mass is 430 g/mol. The number of aryl methyl sites for hydroxylation is 1. The Kier molecular flexibility index (Phi) is 7.02. The van der Waals surface area contributed by atoms with Crippen molar-refractivity contribution < 1.29 is 14.5 Å². The molecule has 9 heteroatoms. The van der Waals surface area contributed by atoms with E-state index in [0.717, 1.165) is 11.1 Å². The number of anilines is 1. The number of halogens is 1. The lowest BCUT2D eigenvalue weighted by molar-refractivity contribution is -0.383. The number of amides is 2. The van der Waals surface area contributed by atoms with Crippen LogP contribution in [0, 0.1) is 17.0 Å². The van der Waals surface area contributed by atoms with Crippen molar-refractivity contribution >= 4 is 34.8 Å². The molecule has 0 saturated carbocycles. The van der Waals surface area contributed by atoms with Crippen LogP contribution >= 0.6 is 11.6 Å². The van der Waals surface area contributed by atoms with Crippen molar-refractivity contribution in [3.8, 4) is 0 Å². The standard InChI is InChI=1S/C21H23ClN4O4/c1-15-2-4-16(5-3-15)12-21(28)25-10-8-24(9-11-25)14-20(27)23-18-7-6-17(22)13-19(18)26(29)30/h2-7,13H,8-12,14H2,1H3,(H,23,27). The molecule has 0 spiro atoms. The Bertz CT molecular complexity index is 941.